The number of anilines is 1. The Kier molecular flexibility index (Phi) is 4.13. The van der Waals surface area contributed by atoms with Gasteiger partial charge in [-0.15, -0.1) is 0 Å². The number of alkyl halides is 3. The Morgan fingerprint density at radius 3 is 2.20 bits per heavy atom. The van der Waals surface area contributed by atoms with E-state index in [1.54, 1.807) is 0 Å². The molecule has 0 saturated heterocycles. The lowest BCUT2D eigenvalue weighted by atomic mass is 10.0. The summed E-state index contributed by atoms with van der Waals surface area (Å²) in [6, 6.07) is 4.78. The van der Waals surface area contributed by atoms with Crippen LogP contribution in [-0.4, -0.2) is 26.0 Å². The Bertz CT molecular complexity index is 626. The van der Waals surface area contributed by atoms with E-state index in [-0.39, 0.29) is 5.69 Å². The first-order valence-electron chi connectivity index (χ1n) is 5.16. The molecule has 1 rings (SSSR count). The van der Waals surface area contributed by atoms with Crippen molar-refractivity contribution in [2.75, 3.05) is 5.32 Å². The first-order chi connectivity index (χ1) is 8.87. The van der Waals surface area contributed by atoms with Crippen molar-refractivity contribution in [3.8, 4) is 0 Å². The Morgan fingerprint density at radius 1 is 1.25 bits per heavy atom. The van der Waals surface area contributed by atoms with Crippen LogP contribution in [0.1, 0.15) is 6.92 Å². The van der Waals surface area contributed by atoms with Crippen molar-refractivity contribution in [2.45, 2.75) is 23.5 Å². The van der Waals surface area contributed by atoms with Crippen LogP contribution in [0.25, 0.3) is 0 Å². The third-order valence-corrected chi connectivity index (χ3v) is 3.47. The molecule has 112 valence electrons. The van der Waals surface area contributed by atoms with Gasteiger partial charge in [-0.3, -0.25) is 4.79 Å². The van der Waals surface area contributed by atoms with Crippen molar-refractivity contribution in [3.63, 3.8) is 0 Å². The molecule has 1 atom stereocenters. The van der Waals surface area contributed by atoms with Crippen LogP contribution in [0, 0.1) is 0 Å². The summed E-state index contributed by atoms with van der Waals surface area (Å²) in [4.78, 5) is 11.1. The summed E-state index contributed by atoms with van der Waals surface area (Å²) in [7, 11) is -4.20. The predicted octanol–water partition coefficient (Wildman–Crippen LogP) is 0.552. The zero-order valence-corrected chi connectivity index (χ0v) is 11.0. The summed E-state index contributed by atoms with van der Waals surface area (Å²) < 4.78 is 60.3. The molecule has 0 bridgehead atoms. The molecule has 0 aliphatic carbocycles. The molecule has 0 radical (unpaired) electrons. The van der Waals surface area contributed by atoms with E-state index in [1.165, 1.54) is 12.1 Å². The summed E-state index contributed by atoms with van der Waals surface area (Å²) in [5.74, 6) is -1.60. The fraction of sp³-hybridized carbons (Fsp3) is 0.300. The first kappa shape index (κ1) is 16.4. The molecule has 0 saturated carbocycles. The second-order valence-electron chi connectivity index (χ2n) is 4.20. The van der Waals surface area contributed by atoms with E-state index in [0.717, 1.165) is 12.1 Å². The lowest BCUT2D eigenvalue weighted by Crippen LogP contribution is -2.59. The molecule has 20 heavy (non-hydrogen) atoms. The molecule has 5 N–H and O–H groups in total. The highest BCUT2D eigenvalue weighted by Gasteiger charge is 2.54. The van der Waals surface area contributed by atoms with E-state index in [4.69, 9.17) is 10.9 Å². The standard InChI is InChI=1S/C10H12F3N3O3S/c1-9(14,10(11,12)13)8(17)16-6-4-2-3-5-7(6)20(15,18)19/h2-5H,14H2,1H3,(H,16,17)(H2,15,18,19). The van der Waals surface area contributed by atoms with Gasteiger partial charge in [0.25, 0.3) is 5.91 Å². The normalized spacial score (nSPS) is 15.5. The monoisotopic (exact) mass is 311 g/mol. The molecule has 1 amide bonds. The number of hydrogen-bond acceptors (Lipinski definition) is 4. The molecule has 6 nitrogen and oxygen atoms in total. The number of hydrogen-bond donors (Lipinski definition) is 3. The number of rotatable bonds is 3. The van der Waals surface area contributed by atoms with Crippen LogP contribution < -0.4 is 16.2 Å². The second-order valence-corrected chi connectivity index (χ2v) is 5.73. The lowest BCUT2D eigenvalue weighted by Gasteiger charge is -2.26. The minimum absolute atomic E-state index is 0.374. The number of carbonyl (C=O) groups is 1. The van der Waals surface area contributed by atoms with Gasteiger partial charge in [0.2, 0.25) is 10.0 Å². The Labute approximate surface area is 113 Å². The van der Waals surface area contributed by atoms with Crippen molar-refractivity contribution < 1.29 is 26.4 Å². The average Bonchev–Trinajstić information content (AvgIpc) is 2.26. The number of halogens is 3. The van der Waals surface area contributed by atoms with Crippen molar-refractivity contribution in [1.29, 1.82) is 0 Å². The molecule has 1 unspecified atom stereocenters. The maximum absolute atomic E-state index is 12.6. The summed E-state index contributed by atoms with van der Waals surface area (Å²) in [6.07, 6.45) is -4.99. The summed E-state index contributed by atoms with van der Waals surface area (Å²) in [5.41, 5.74) is 1.38. The SMILES string of the molecule is CC(N)(C(=O)Nc1ccccc1S(N)(=O)=O)C(F)(F)F. The summed E-state index contributed by atoms with van der Waals surface area (Å²) in [6.45, 7) is 0.474. The van der Waals surface area contributed by atoms with Gasteiger partial charge >= 0.3 is 6.18 Å². The molecule has 0 spiro atoms. The predicted molar refractivity (Wildman–Crippen MR) is 65.1 cm³/mol. The minimum Gasteiger partial charge on any atom is -0.323 e. The summed E-state index contributed by atoms with van der Waals surface area (Å²) in [5, 5.41) is 6.72. The van der Waals surface area contributed by atoms with Gasteiger partial charge in [-0.05, 0) is 19.1 Å². The van der Waals surface area contributed by atoms with E-state index in [2.05, 4.69) is 0 Å². The maximum Gasteiger partial charge on any atom is 0.415 e. The molecule has 10 heteroatoms. The largest absolute Gasteiger partial charge is 0.415 e. The van der Waals surface area contributed by atoms with Crippen LogP contribution in [-0.2, 0) is 14.8 Å². The number of carbonyl (C=O) groups excluding carboxylic acids is 1. The molecule has 0 aliphatic rings. The number of para-hydroxylation sites is 1. The van der Waals surface area contributed by atoms with Crippen LogP contribution in [0.5, 0.6) is 0 Å². The molecular formula is C10H12F3N3O3S. The van der Waals surface area contributed by atoms with Crippen LogP contribution >= 0.6 is 0 Å². The number of primary sulfonamides is 1. The Balaban J connectivity index is 3.17. The average molecular weight is 311 g/mol. The first-order valence-corrected chi connectivity index (χ1v) is 6.71. The number of amides is 1. The topological polar surface area (TPSA) is 115 Å². The third kappa shape index (κ3) is 3.26. The molecular weight excluding hydrogens is 299 g/mol. The lowest BCUT2D eigenvalue weighted by molar-refractivity contribution is -0.184. The van der Waals surface area contributed by atoms with Crippen LogP contribution in [0.15, 0.2) is 29.2 Å². The number of nitrogens with two attached hydrogens (primary N) is 2. The van der Waals surface area contributed by atoms with Gasteiger partial charge in [0, 0.05) is 0 Å². The van der Waals surface area contributed by atoms with Gasteiger partial charge in [0.15, 0.2) is 5.54 Å². The molecule has 0 heterocycles. The van der Waals surface area contributed by atoms with Crippen LogP contribution in [0.2, 0.25) is 0 Å². The minimum atomic E-state index is -4.99. The Hall–Kier alpha value is -1.65. The smallest absolute Gasteiger partial charge is 0.323 e. The van der Waals surface area contributed by atoms with Gasteiger partial charge in [0.05, 0.1) is 5.69 Å². The fourth-order valence-corrected chi connectivity index (χ4v) is 1.89. The number of nitrogens with one attached hydrogen (secondary N) is 1. The van der Waals surface area contributed by atoms with Crippen LogP contribution in [0.3, 0.4) is 0 Å². The van der Waals surface area contributed by atoms with E-state index in [9.17, 15) is 26.4 Å². The van der Waals surface area contributed by atoms with Gasteiger partial charge in [-0.25, -0.2) is 13.6 Å². The molecule has 0 aromatic heterocycles. The number of benzene rings is 1. The highest BCUT2D eigenvalue weighted by atomic mass is 32.2. The Morgan fingerprint density at radius 2 is 1.75 bits per heavy atom. The molecule has 0 fully saturated rings. The highest BCUT2D eigenvalue weighted by Crippen LogP contribution is 2.30. The zero-order valence-electron chi connectivity index (χ0n) is 10.2. The maximum atomic E-state index is 12.6. The van der Waals surface area contributed by atoms with Gasteiger partial charge < -0.3 is 11.1 Å². The van der Waals surface area contributed by atoms with E-state index in [1.807, 2.05) is 5.32 Å². The van der Waals surface area contributed by atoms with Crippen molar-refractivity contribution in [2.24, 2.45) is 10.9 Å². The van der Waals surface area contributed by atoms with E-state index >= 15 is 0 Å². The third-order valence-electron chi connectivity index (χ3n) is 2.50. The quantitative estimate of drug-likeness (QED) is 0.756. The molecule has 1 aromatic carbocycles. The van der Waals surface area contributed by atoms with Crippen molar-refractivity contribution in [1.82, 2.24) is 0 Å². The molecule has 1 aromatic rings. The van der Waals surface area contributed by atoms with E-state index < -0.39 is 32.5 Å². The summed E-state index contributed by atoms with van der Waals surface area (Å²) >= 11 is 0. The second kappa shape index (κ2) is 5.04. The van der Waals surface area contributed by atoms with Gasteiger partial charge in [0.1, 0.15) is 4.90 Å². The van der Waals surface area contributed by atoms with E-state index in [0.29, 0.717) is 6.92 Å². The number of sulfonamides is 1. The van der Waals surface area contributed by atoms with Crippen molar-refractivity contribution in [3.05, 3.63) is 24.3 Å². The van der Waals surface area contributed by atoms with Crippen LogP contribution in [0.4, 0.5) is 18.9 Å². The fourth-order valence-electron chi connectivity index (χ4n) is 1.20. The van der Waals surface area contributed by atoms with Gasteiger partial charge in [-0.1, -0.05) is 12.1 Å². The van der Waals surface area contributed by atoms with Gasteiger partial charge in [-0.2, -0.15) is 13.2 Å². The zero-order chi connectivity index (χ0) is 15.8. The highest BCUT2D eigenvalue weighted by molar-refractivity contribution is 7.89. The molecule has 0 aliphatic heterocycles. The van der Waals surface area contributed by atoms with Crippen molar-refractivity contribution >= 4 is 21.6 Å².